The zero-order valence-corrected chi connectivity index (χ0v) is 12.3. The van der Waals surface area contributed by atoms with E-state index in [1.807, 2.05) is 30.3 Å². The van der Waals surface area contributed by atoms with Crippen molar-refractivity contribution < 1.29 is 14.3 Å². The van der Waals surface area contributed by atoms with Gasteiger partial charge in [-0.1, -0.05) is 36.4 Å². The Labute approximate surface area is 128 Å². The van der Waals surface area contributed by atoms with Crippen molar-refractivity contribution in [3.63, 3.8) is 0 Å². The van der Waals surface area contributed by atoms with Gasteiger partial charge in [-0.3, -0.25) is 0 Å². The fraction of sp³-hybridized carbons (Fsp3) is 0.368. The molecule has 0 aliphatic carbocycles. The summed E-state index contributed by atoms with van der Waals surface area (Å²) in [5, 5.41) is 13.5. The van der Waals surface area contributed by atoms with Crippen LogP contribution < -0.4 is 0 Å². The van der Waals surface area contributed by atoms with Gasteiger partial charge in [-0.25, -0.2) is 0 Å². The summed E-state index contributed by atoms with van der Waals surface area (Å²) >= 11 is 0. The number of rotatable bonds is 1. The van der Waals surface area contributed by atoms with Gasteiger partial charge in [0, 0.05) is 29.2 Å². The van der Waals surface area contributed by atoms with Gasteiger partial charge in [0.25, 0.3) is 0 Å². The molecule has 1 N–H and O–H groups in total. The topological polar surface area (TPSA) is 42.6 Å². The Bertz CT molecular complexity index is 851. The molecule has 0 amide bonds. The summed E-state index contributed by atoms with van der Waals surface area (Å²) in [6, 6.07) is 14.2. The van der Waals surface area contributed by atoms with Gasteiger partial charge in [-0.05, 0) is 18.9 Å². The van der Waals surface area contributed by atoms with Gasteiger partial charge in [0.15, 0.2) is 0 Å². The molecule has 3 nitrogen and oxygen atoms in total. The first-order chi connectivity index (χ1) is 10.7. The number of para-hydroxylation sites is 2. The second-order valence-electron chi connectivity index (χ2n) is 6.68. The molecule has 3 heteroatoms. The average Bonchev–Trinajstić information content (AvgIpc) is 3.07. The highest BCUT2D eigenvalue weighted by atomic mass is 16.5. The Hall–Kier alpha value is -1.84. The molecule has 0 radical (unpaired) electrons. The summed E-state index contributed by atoms with van der Waals surface area (Å²) in [7, 11) is 0. The van der Waals surface area contributed by atoms with Crippen LogP contribution in [0.5, 0.6) is 0 Å². The first-order valence-corrected chi connectivity index (χ1v) is 8.01. The SMILES string of the molecule is OC1(c2cccc3c2oc2ccccc23)CC2CCC(C1)O2. The molecule has 5 rings (SSSR count). The van der Waals surface area contributed by atoms with Crippen LogP contribution in [0.15, 0.2) is 46.9 Å². The van der Waals surface area contributed by atoms with Gasteiger partial charge in [0.1, 0.15) is 11.2 Å². The van der Waals surface area contributed by atoms with Crippen molar-refractivity contribution in [1.82, 2.24) is 0 Å². The number of benzene rings is 2. The van der Waals surface area contributed by atoms with Crippen molar-refractivity contribution >= 4 is 21.9 Å². The maximum absolute atomic E-state index is 11.3. The van der Waals surface area contributed by atoms with Crippen LogP contribution in [0.2, 0.25) is 0 Å². The smallest absolute Gasteiger partial charge is 0.141 e. The zero-order valence-electron chi connectivity index (χ0n) is 12.3. The van der Waals surface area contributed by atoms with Crippen molar-refractivity contribution in [2.24, 2.45) is 0 Å². The lowest BCUT2D eigenvalue weighted by molar-refractivity contribution is -0.115. The molecule has 3 aromatic rings. The third-order valence-corrected chi connectivity index (χ3v) is 5.23. The van der Waals surface area contributed by atoms with E-state index in [-0.39, 0.29) is 12.2 Å². The van der Waals surface area contributed by atoms with Crippen LogP contribution in [-0.2, 0) is 10.3 Å². The Morgan fingerprint density at radius 2 is 1.64 bits per heavy atom. The molecule has 0 saturated carbocycles. The number of furan rings is 1. The quantitative estimate of drug-likeness (QED) is 0.734. The van der Waals surface area contributed by atoms with Gasteiger partial charge in [0.2, 0.25) is 0 Å². The van der Waals surface area contributed by atoms with E-state index in [1.54, 1.807) is 0 Å². The van der Waals surface area contributed by atoms with Gasteiger partial charge in [-0.2, -0.15) is 0 Å². The Morgan fingerprint density at radius 1 is 0.909 bits per heavy atom. The number of ether oxygens (including phenoxy) is 1. The molecule has 2 aromatic carbocycles. The summed E-state index contributed by atoms with van der Waals surface area (Å²) in [5.41, 5.74) is 1.79. The molecule has 2 aliphatic heterocycles. The molecule has 2 aliphatic rings. The number of hydrogen-bond donors (Lipinski definition) is 1. The molecule has 0 spiro atoms. The highest BCUT2D eigenvalue weighted by Crippen LogP contribution is 2.46. The molecule has 2 atom stereocenters. The van der Waals surface area contributed by atoms with E-state index in [0.29, 0.717) is 12.8 Å². The van der Waals surface area contributed by atoms with Crippen molar-refractivity contribution in [2.75, 3.05) is 0 Å². The molecule has 112 valence electrons. The number of aliphatic hydroxyl groups is 1. The molecule has 2 fully saturated rings. The van der Waals surface area contributed by atoms with E-state index in [0.717, 1.165) is 40.3 Å². The molecule has 2 saturated heterocycles. The summed E-state index contributed by atoms with van der Waals surface area (Å²) in [6.07, 6.45) is 3.82. The summed E-state index contributed by atoms with van der Waals surface area (Å²) in [6.45, 7) is 0. The second-order valence-corrected chi connectivity index (χ2v) is 6.68. The minimum absolute atomic E-state index is 0.184. The van der Waals surface area contributed by atoms with Gasteiger partial charge in [-0.15, -0.1) is 0 Å². The van der Waals surface area contributed by atoms with E-state index < -0.39 is 5.60 Å². The third kappa shape index (κ3) is 1.70. The number of fused-ring (bicyclic) bond motifs is 5. The third-order valence-electron chi connectivity index (χ3n) is 5.23. The van der Waals surface area contributed by atoms with E-state index in [4.69, 9.17) is 9.15 Å². The molecule has 3 heterocycles. The van der Waals surface area contributed by atoms with Gasteiger partial charge < -0.3 is 14.3 Å². The highest BCUT2D eigenvalue weighted by molar-refractivity contribution is 6.06. The number of hydrogen-bond acceptors (Lipinski definition) is 3. The largest absolute Gasteiger partial charge is 0.456 e. The molecular formula is C19H18O3. The van der Waals surface area contributed by atoms with Crippen LogP contribution in [0.3, 0.4) is 0 Å². The lowest BCUT2D eigenvalue weighted by Crippen LogP contribution is -2.38. The lowest BCUT2D eigenvalue weighted by atomic mass is 9.82. The molecule has 2 unspecified atom stereocenters. The summed E-state index contributed by atoms with van der Waals surface area (Å²) in [4.78, 5) is 0. The van der Waals surface area contributed by atoms with Crippen LogP contribution in [-0.4, -0.2) is 17.3 Å². The van der Waals surface area contributed by atoms with Crippen molar-refractivity contribution in [3.05, 3.63) is 48.0 Å². The fourth-order valence-electron chi connectivity index (χ4n) is 4.25. The van der Waals surface area contributed by atoms with Crippen LogP contribution in [0.25, 0.3) is 21.9 Å². The highest BCUT2D eigenvalue weighted by Gasteiger charge is 2.45. The van der Waals surface area contributed by atoms with Gasteiger partial charge in [0.05, 0.1) is 17.8 Å². The first-order valence-electron chi connectivity index (χ1n) is 8.01. The summed E-state index contributed by atoms with van der Waals surface area (Å²) in [5.74, 6) is 0. The maximum atomic E-state index is 11.3. The molecule has 1 aromatic heterocycles. The lowest BCUT2D eigenvalue weighted by Gasteiger charge is -2.36. The standard InChI is InChI=1S/C19H18O3/c20-19(10-12-8-9-13(11-19)21-12)16-6-3-5-15-14-4-1-2-7-17(14)22-18(15)16/h1-7,12-13,20H,8-11H2. The van der Waals surface area contributed by atoms with Crippen molar-refractivity contribution in [2.45, 2.75) is 43.5 Å². The zero-order chi connectivity index (χ0) is 14.7. The fourth-order valence-corrected chi connectivity index (χ4v) is 4.25. The second kappa shape index (κ2) is 4.34. The van der Waals surface area contributed by atoms with Gasteiger partial charge >= 0.3 is 0 Å². The molecule has 22 heavy (non-hydrogen) atoms. The van der Waals surface area contributed by atoms with Crippen molar-refractivity contribution in [3.8, 4) is 0 Å². The van der Waals surface area contributed by atoms with E-state index >= 15 is 0 Å². The van der Waals surface area contributed by atoms with Crippen molar-refractivity contribution in [1.29, 1.82) is 0 Å². The van der Waals surface area contributed by atoms with E-state index in [2.05, 4.69) is 12.1 Å². The van der Waals surface area contributed by atoms with Crippen LogP contribution in [0, 0.1) is 0 Å². The van der Waals surface area contributed by atoms with Crippen LogP contribution >= 0.6 is 0 Å². The minimum Gasteiger partial charge on any atom is -0.456 e. The molecular weight excluding hydrogens is 276 g/mol. The predicted molar refractivity (Wildman–Crippen MR) is 84.7 cm³/mol. The predicted octanol–water partition coefficient (Wildman–Crippen LogP) is 4.12. The Morgan fingerprint density at radius 3 is 2.45 bits per heavy atom. The monoisotopic (exact) mass is 294 g/mol. The van der Waals surface area contributed by atoms with Crippen LogP contribution in [0.4, 0.5) is 0 Å². The Balaban J connectivity index is 1.74. The van der Waals surface area contributed by atoms with E-state index in [9.17, 15) is 5.11 Å². The maximum Gasteiger partial charge on any atom is 0.141 e. The normalized spacial score (nSPS) is 31.1. The first kappa shape index (κ1) is 12.7. The molecule has 2 bridgehead atoms. The van der Waals surface area contributed by atoms with Crippen LogP contribution in [0.1, 0.15) is 31.2 Å². The Kier molecular flexibility index (Phi) is 2.50. The minimum atomic E-state index is -0.836. The summed E-state index contributed by atoms with van der Waals surface area (Å²) < 4.78 is 12.0. The average molecular weight is 294 g/mol. The van der Waals surface area contributed by atoms with E-state index in [1.165, 1.54) is 0 Å².